The van der Waals surface area contributed by atoms with Crippen LogP contribution in [0.5, 0.6) is 0 Å². The summed E-state index contributed by atoms with van der Waals surface area (Å²) in [4.78, 5) is 4.79. The topological polar surface area (TPSA) is 62.3 Å². The lowest BCUT2D eigenvalue weighted by atomic mass is 10.3. The number of thiazole rings is 1. The molecule has 86 valence electrons. The van der Waals surface area contributed by atoms with E-state index < -0.39 is 4.99 Å². The van der Waals surface area contributed by atoms with Gasteiger partial charge < -0.3 is 0 Å². The van der Waals surface area contributed by atoms with Crippen molar-refractivity contribution < 1.29 is 0 Å². The van der Waals surface area contributed by atoms with Gasteiger partial charge in [-0.1, -0.05) is 6.07 Å². The Hall–Kier alpha value is -1.12. The van der Waals surface area contributed by atoms with Gasteiger partial charge in [0, 0.05) is 22.9 Å². The number of hydrogen-bond acceptors (Lipinski definition) is 8. The second-order valence-corrected chi connectivity index (χ2v) is 6.71. The van der Waals surface area contributed by atoms with Crippen LogP contribution >= 0.6 is 34.4 Å². The van der Waals surface area contributed by atoms with E-state index in [1.807, 2.05) is 16.8 Å². The Morgan fingerprint density at radius 3 is 2.71 bits per heavy atom. The number of aromatic nitrogens is 1. The van der Waals surface area contributed by atoms with E-state index in [0.29, 0.717) is 6.42 Å². The smallest absolute Gasteiger partial charge is 0.238 e. The molecule has 0 atom stereocenters. The van der Waals surface area contributed by atoms with Gasteiger partial charge in [-0.15, -0.1) is 32.9 Å². The molecule has 0 fully saturated rings. The highest BCUT2D eigenvalue weighted by atomic mass is 32.2. The molecule has 0 aromatic carbocycles. The van der Waals surface area contributed by atoms with Crippen molar-refractivity contribution in [2.45, 2.75) is 15.8 Å². The van der Waals surface area contributed by atoms with E-state index in [0.717, 1.165) is 4.34 Å². The molecule has 17 heavy (non-hydrogen) atoms. The van der Waals surface area contributed by atoms with E-state index in [1.165, 1.54) is 16.6 Å². The lowest BCUT2D eigenvalue weighted by Crippen LogP contribution is -2.19. The Kier molecular flexibility index (Phi) is 3.00. The highest BCUT2D eigenvalue weighted by molar-refractivity contribution is 8.02. The van der Waals surface area contributed by atoms with Crippen molar-refractivity contribution >= 4 is 34.4 Å². The monoisotopic (exact) mass is 281 g/mol. The second-order valence-electron chi connectivity index (χ2n) is 3.28. The van der Waals surface area contributed by atoms with Gasteiger partial charge >= 0.3 is 0 Å². The summed E-state index contributed by atoms with van der Waals surface area (Å²) < 4.78 is 0.932. The van der Waals surface area contributed by atoms with E-state index in [-0.39, 0.29) is 0 Å². The van der Waals surface area contributed by atoms with E-state index >= 15 is 0 Å². The Balaban J connectivity index is 1.84. The molecule has 5 nitrogen and oxygen atoms in total. The first-order chi connectivity index (χ1) is 8.36. The molecule has 0 N–H and O–H groups in total. The molecule has 0 unspecified atom stereocenters. The molecular formula is C9H7N5S3. The third kappa shape index (κ3) is 2.43. The van der Waals surface area contributed by atoms with Crippen molar-refractivity contribution in [1.82, 2.24) is 4.98 Å². The Morgan fingerprint density at radius 1 is 1.18 bits per heavy atom. The molecular weight excluding hydrogens is 274 g/mol. The Morgan fingerprint density at radius 2 is 2.06 bits per heavy atom. The van der Waals surface area contributed by atoms with E-state index in [9.17, 15) is 0 Å². The summed E-state index contributed by atoms with van der Waals surface area (Å²) in [6.07, 6.45) is 2.47. The van der Waals surface area contributed by atoms with E-state index in [4.69, 9.17) is 0 Å². The summed E-state index contributed by atoms with van der Waals surface area (Å²) in [6, 6.07) is 4.09. The molecule has 3 rings (SSSR count). The van der Waals surface area contributed by atoms with Gasteiger partial charge in [-0.2, -0.15) is 0 Å². The average Bonchev–Trinajstić information content (AvgIpc) is 3.01. The first-order valence-corrected chi connectivity index (χ1v) is 7.39. The molecule has 1 aliphatic heterocycles. The highest BCUT2D eigenvalue weighted by Gasteiger charge is 2.36. The van der Waals surface area contributed by atoms with Crippen LogP contribution in [0.15, 0.2) is 54.1 Å². The summed E-state index contributed by atoms with van der Waals surface area (Å²) in [5.41, 5.74) is 0. The predicted molar refractivity (Wildman–Crippen MR) is 68.4 cm³/mol. The van der Waals surface area contributed by atoms with Crippen molar-refractivity contribution in [2.24, 2.45) is 20.7 Å². The average molecular weight is 281 g/mol. The number of thioether (sulfide) groups is 1. The lowest BCUT2D eigenvalue weighted by molar-refractivity contribution is 0.640. The maximum Gasteiger partial charge on any atom is 0.251 e. The van der Waals surface area contributed by atoms with Gasteiger partial charge in [-0.25, -0.2) is 4.98 Å². The van der Waals surface area contributed by atoms with Gasteiger partial charge in [0.2, 0.25) is 0 Å². The number of rotatable bonds is 4. The number of hydrogen-bond donors (Lipinski definition) is 0. The zero-order chi connectivity index (χ0) is 11.6. The van der Waals surface area contributed by atoms with Crippen LogP contribution < -0.4 is 0 Å². The molecule has 0 bridgehead atoms. The van der Waals surface area contributed by atoms with Crippen LogP contribution in [0.3, 0.4) is 0 Å². The van der Waals surface area contributed by atoms with Crippen LogP contribution in [0.25, 0.3) is 0 Å². The normalized spacial score (nSPS) is 16.7. The Labute approximate surface area is 110 Å². The summed E-state index contributed by atoms with van der Waals surface area (Å²) in [5, 5.41) is 19.6. The largest absolute Gasteiger partial charge is 0.251 e. The van der Waals surface area contributed by atoms with Crippen LogP contribution in [-0.4, -0.2) is 9.98 Å². The molecule has 2 aromatic rings. The van der Waals surface area contributed by atoms with E-state index in [1.54, 1.807) is 28.9 Å². The summed E-state index contributed by atoms with van der Waals surface area (Å²) in [5.74, 6) is 0. The van der Waals surface area contributed by atoms with Crippen molar-refractivity contribution in [3.05, 3.63) is 34.0 Å². The van der Waals surface area contributed by atoms with Crippen LogP contribution in [-0.2, 0) is 6.42 Å². The maximum atomic E-state index is 4.24. The van der Waals surface area contributed by atoms with Gasteiger partial charge in [-0.05, 0) is 33.7 Å². The first-order valence-electron chi connectivity index (χ1n) is 4.81. The molecule has 0 saturated heterocycles. The summed E-state index contributed by atoms with van der Waals surface area (Å²) in [6.45, 7) is 0. The molecule has 0 amide bonds. The fraction of sp³-hybridized carbons (Fsp3) is 0.222. The molecule has 0 aliphatic carbocycles. The van der Waals surface area contributed by atoms with Crippen molar-refractivity contribution in [2.75, 3.05) is 0 Å². The number of nitrogens with zero attached hydrogens (tertiary/aromatic N) is 5. The van der Waals surface area contributed by atoms with Crippen molar-refractivity contribution in [1.29, 1.82) is 0 Å². The maximum absolute atomic E-state index is 4.24. The molecule has 2 aromatic heterocycles. The lowest BCUT2D eigenvalue weighted by Gasteiger charge is -2.16. The third-order valence-electron chi connectivity index (χ3n) is 2.09. The van der Waals surface area contributed by atoms with Gasteiger partial charge in [-0.3, -0.25) is 0 Å². The fourth-order valence-electron chi connectivity index (χ4n) is 1.39. The molecule has 3 heterocycles. The minimum absolute atomic E-state index is 0.664. The summed E-state index contributed by atoms with van der Waals surface area (Å²) in [7, 11) is 0. The molecule has 0 radical (unpaired) electrons. The SMILES string of the molecule is c1csc(CC2(Sc3nccs3)N=NN=N2)c1. The number of thiophene rings is 1. The van der Waals surface area contributed by atoms with Gasteiger partial charge in [0.1, 0.15) is 0 Å². The quantitative estimate of drug-likeness (QED) is 0.849. The first kappa shape index (κ1) is 11.0. The third-order valence-corrected chi connectivity index (χ3v) is 4.98. The highest BCUT2D eigenvalue weighted by Crippen LogP contribution is 2.42. The fourth-order valence-corrected chi connectivity index (χ4v) is 4.15. The zero-order valence-corrected chi connectivity index (χ0v) is 11.0. The van der Waals surface area contributed by atoms with Crippen LogP contribution in [0.1, 0.15) is 4.88 Å². The molecule has 0 spiro atoms. The molecule has 1 aliphatic rings. The second kappa shape index (κ2) is 4.63. The summed E-state index contributed by atoms with van der Waals surface area (Å²) >= 11 is 4.76. The van der Waals surface area contributed by atoms with Gasteiger partial charge in [0.25, 0.3) is 4.99 Å². The van der Waals surface area contributed by atoms with Gasteiger partial charge in [0.05, 0.1) is 0 Å². The zero-order valence-electron chi connectivity index (χ0n) is 8.55. The predicted octanol–water partition coefficient (Wildman–Crippen LogP) is 4.03. The van der Waals surface area contributed by atoms with E-state index in [2.05, 4.69) is 31.7 Å². The van der Waals surface area contributed by atoms with Gasteiger partial charge in [0.15, 0.2) is 4.34 Å². The molecule has 8 heteroatoms. The minimum Gasteiger partial charge on any atom is -0.238 e. The molecule has 0 saturated carbocycles. The van der Waals surface area contributed by atoms with Crippen LogP contribution in [0.4, 0.5) is 0 Å². The minimum atomic E-state index is -0.664. The van der Waals surface area contributed by atoms with Crippen molar-refractivity contribution in [3.8, 4) is 0 Å². The van der Waals surface area contributed by atoms with Crippen LogP contribution in [0, 0.1) is 0 Å². The Bertz CT molecular complexity index is 481. The standard InChI is InChI=1S/C9H7N5S3/c1-2-7(15-4-1)6-9(11-13-14-12-9)17-8-10-3-5-16-8/h1-5H,6H2. The van der Waals surface area contributed by atoms with Crippen molar-refractivity contribution in [3.63, 3.8) is 0 Å². The van der Waals surface area contributed by atoms with Crippen LogP contribution in [0.2, 0.25) is 0 Å².